The number of H-pyrrole nitrogens is 1. The van der Waals surface area contributed by atoms with E-state index in [9.17, 15) is 4.79 Å². The predicted octanol–water partition coefficient (Wildman–Crippen LogP) is 1.93. The molecule has 90 valence electrons. The van der Waals surface area contributed by atoms with E-state index in [1.165, 1.54) is 0 Å². The molecule has 0 radical (unpaired) electrons. The molecule has 0 saturated carbocycles. The smallest absolute Gasteiger partial charge is 0.250 e. The zero-order chi connectivity index (χ0) is 12.3. The average Bonchev–Trinajstić information content (AvgIpc) is 2.75. The molecule has 0 aliphatic heterocycles. The van der Waals surface area contributed by atoms with Gasteiger partial charge in [0.25, 0.3) is 0 Å². The second-order valence-electron chi connectivity index (χ2n) is 4.01. The number of rotatable bonds is 4. The lowest BCUT2D eigenvalue weighted by atomic mass is 10.2. The van der Waals surface area contributed by atoms with E-state index < -0.39 is 0 Å². The quantitative estimate of drug-likeness (QED) is 0.847. The van der Waals surface area contributed by atoms with Crippen LogP contribution >= 0.6 is 0 Å². The molecular formula is C12H15N3O2. The van der Waals surface area contributed by atoms with Crippen molar-refractivity contribution in [2.75, 3.05) is 11.9 Å². The molecule has 0 saturated heterocycles. The van der Waals surface area contributed by atoms with Crippen molar-refractivity contribution in [3.63, 3.8) is 0 Å². The number of fused-ring (bicyclic) bond motifs is 1. The van der Waals surface area contributed by atoms with Crippen LogP contribution in [0.1, 0.15) is 13.8 Å². The van der Waals surface area contributed by atoms with Gasteiger partial charge in [-0.05, 0) is 26.0 Å². The molecule has 1 amide bonds. The van der Waals surface area contributed by atoms with Gasteiger partial charge in [0, 0.05) is 0 Å². The molecule has 0 aliphatic rings. The summed E-state index contributed by atoms with van der Waals surface area (Å²) in [4.78, 5) is 18.8. The minimum Gasteiger partial charge on any atom is -0.369 e. The lowest BCUT2D eigenvalue weighted by Crippen LogP contribution is -2.20. The zero-order valence-corrected chi connectivity index (χ0v) is 9.86. The molecule has 1 aromatic carbocycles. The van der Waals surface area contributed by atoms with Crippen molar-refractivity contribution in [1.29, 1.82) is 0 Å². The Balaban J connectivity index is 2.08. The summed E-state index contributed by atoms with van der Waals surface area (Å²) in [5.74, 6) is -0.172. The number of nitrogens with zero attached hydrogens (tertiary/aromatic N) is 1. The first-order valence-electron chi connectivity index (χ1n) is 5.50. The van der Waals surface area contributed by atoms with Crippen LogP contribution < -0.4 is 5.32 Å². The van der Waals surface area contributed by atoms with E-state index in [1.54, 1.807) is 6.33 Å². The van der Waals surface area contributed by atoms with Crippen LogP contribution in [0.15, 0.2) is 24.5 Å². The fourth-order valence-electron chi connectivity index (χ4n) is 1.49. The Labute approximate surface area is 99.2 Å². The first-order chi connectivity index (χ1) is 8.16. The summed E-state index contributed by atoms with van der Waals surface area (Å²) in [6.07, 6.45) is 1.65. The summed E-state index contributed by atoms with van der Waals surface area (Å²) in [6, 6.07) is 5.58. The van der Waals surface area contributed by atoms with Gasteiger partial charge in [0.2, 0.25) is 5.91 Å². The predicted molar refractivity (Wildman–Crippen MR) is 65.8 cm³/mol. The fourth-order valence-corrected chi connectivity index (χ4v) is 1.49. The van der Waals surface area contributed by atoms with Gasteiger partial charge in [0.1, 0.15) is 12.1 Å². The van der Waals surface area contributed by atoms with E-state index in [0.29, 0.717) is 5.69 Å². The Morgan fingerprint density at radius 3 is 3.12 bits per heavy atom. The topological polar surface area (TPSA) is 67.0 Å². The summed E-state index contributed by atoms with van der Waals surface area (Å²) in [6.45, 7) is 3.84. The van der Waals surface area contributed by atoms with Gasteiger partial charge in [-0.15, -0.1) is 0 Å². The number of imidazole rings is 1. The van der Waals surface area contributed by atoms with Gasteiger partial charge >= 0.3 is 0 Å². The molecule has 0 aliphatic carbocycles. The molecule has 5 heteroatoms. The molecule has 0 bridgehead atoms. The molecule has 2 rings (SSSR count). The molecule has 2 N–H and O–H groups in total. The lowest BCUT2D eigenvalue weighted by molar-refractivity contribution is -0.121. The van der Waals surface area contributed by atoms with Gasteiger partial charge in [-0.3, -0.25) is 4.79 Å². The number of anilines is 1. The third-order valence-corrected chi connectivity index (χ3v) is 2.27. The molecular weight excluding hydrogens is 218 g/mol. The van der Waals surface area contributed by atoms with Gasteiger partial charge in [-0.25, -0.2) is 4.98 Å². The first kappa shape index (κ1) is 11.6. The summed E-state index contributed by atoms with van der Waals surface area (Å²) < 4.78 is 5.23. The lowest BCUT2D eigenvalue weighted by Gasteiger charge is -2.08. The zero-order valence-electron chi connectivity index (χ0n) is 9.86. The Morgan fingerprint density at radius 2 is 2.35 bits per heavy atom. The Kier molecular flexibility index (Phi) is 3.39. The van der Waals surface area contributed by atoms with Crippen LogP contribution in [0.5, 0.6) is 0 Å². The highest BCUT2D eigenvalue weighted by Crippen LogP contribution is 2.19. The highest BCUT2D eigenvalue weighted by Gasteiger charge is 2.07. The van der Waals surface area contributed by atoms with Crippen molar-refractivity contribution in [3.8, 4) is 0 Å². The highest BCUT2D eigenvalue weighted by atomic mass is 16.5. The van der Waals surface area contributed by atoms with Crippen molar-refractivity contribution >= 4 is 22.6 Å². The van der Waals surface area contributed by atoms with Crippen LogP contribution in [-0.2, 0) is 9.53 Å². The Hall–Kier alpha value is -1.88. The maximum atomic E-state index is 11.6. The SMILES string of the molecule is CC(C)OCC(=O)Nc1cccc2[nH]cnc12. The standard InChI is InChI=1S/C12H15N3O2/c1-8(2)17-6-11(16)15-10-5-3-4-9-12(10)14-7-13-9/h3-5,7-8H,6H2,1-2H3,(H,13,14)(H,15,16). The highest BCUT2D eigenvalue weighted by molar-refractivity contribution is 5.99. The third-order valence-electron chi connectivity index (χ3n) is 2.27. The van der Waals surface area contributed by atoms with Crippen molar-refractivity contribution < 1.29 is 9.53 Å². The molecule has 2 aromatic rings. The van der Waals surface area contributed by atoms with Crippen LogP contribution in [0, 0.1) is 0 Å². The number of para-hydroxylation sites is 1. The van der Waals surface area contributed by atoms with Crippen molar-refractivity contribution in [3.05, 3.63) is 24.5 Å². The number of nitrogens with one attached hydrogen (secondary N) is 2. The normalized spacial score (nSPS) is 11.0. The van der Waals surface area contributed by atoms with E-state index in [-0.39, 0.29) is 18.6 Å². The second kappa shape index (κ2) is 4.97. The van der Waals surface area contributed by atoms with Gasteiger partial charge < -0.3 is 15.0 Å². The number of aromatic nitrogens is 2. The van der Waals surface area contributed by atoms with E-state index in [4.69, 9.17) is 4.74 Å². The molecule has 0 fully saturated rings. The van der Waals surface area contributed by atoms with E-state index in [2.05, 4.69) is 15.3 Å². The van der Waals surface area contributed by atoms with Crippen LogP contribution in [0.2, 0.25) is 0 Å². The molecule has 5 nitrogen and oxygen atoms in total. The number of carbonyl (C=O) groups excluding carboxylic acids is 1. The minimum absolute atomic E-state index is 0.0434. The maximum absolute atomic E-state index is 11.6. The van der Waals surface area contributed by atoms with E-state index >= 15 is 0 Å². The third kappa shape index (κ3) is 2.82. The summed E-state index contributed by atoms with van der Waals surface area (Å²) in [5, 5.41) is 2.78. The van der Waals surface area contributed by atoms with Gasteiger partial charge in [0.15, 0.2) is 0 Å². The van der Waals surface area contributed by atoms with Crippen molar-refractivity contribution in [2.24, 2.45) is 0 Å². The monoisotopic (exact) mass is 233 g/mol. The molecule has 0 spiro atoms. The van der Waals surface area contributed by atoms with Crippen molar-refractivity contribution in [1.82, 2.24) is 9.97 Å². The number of hydrogen-bond donors (Lipinski definition) is 2. The molecule has 1 aromatic heterocycles. The fraction of sp³-hybridized carbons (Fsp3) is 0.333. The van der Waals surface area contributed by atoms with E-state index in [0.717, 1.165) is 11.0 Å². The van der Waals surface area contributed by atoms with Crippen LogP contribution in [-0.4, -0.2) is 28.6 Å². The summed E-state index contributed by atoms with van der Waals surface area (Å²) in [7, 11) is 0. The van der Waals surface area contributed by atoms with Crippen LogP contribution in [0.25, 0.3) is 11.0 Å². The van der Waals surface area contributed by atoms with Gasteiger partial charge in [-0.2, -0.15) is 0 Å². The van der Waals surface area contributed by atoms with Gasteiger partial charge in [-0.1, -0.05) is 6.07 Å². The second-order valence-corrected chi connectivity index (χ2v) is 4.01. The van der Waals surface area contributed by atoms with Crippen LogP contribution in [0.3, 0.4) is 0 Å². The first-order valence-corrected chi connectivity index (χ1v) is 5.50. The summed E-state index contributed by atoms with van der Waals surface area (Å²) >= 11 is 0. The van der Waals surface area contributed by atoms with Crippen LogP contribution in [0.4, 0.5) is 5.69 Å². The molecule has 17 heavy (non-hydrogen) atoms. The Bertz CT molecular complexity index is 519. The number of carbonyl (C=O) groups is 1. The maximum Gasteiger partial charge on any atom is 0.250 e. The number of amides is 1. The van der Waals surface area contributed by atoms with Crippen molar-refractivity contribution in [2.45, 2.75) is 20.0 Å². The number of benzene rings is 1. The van der Waals surface area contributed by atoms with Gasteiger partial charge in [0.05, 0.1) is 23.6 Å². The molecule has 0 unspecified atom stereocenters. The largest absolute Gasteiger partial charge is 0.369 e. The Morgan fingerprint density at radius 1 is 1.53 bits per heavy atom. The molecule has 1 heterocycles. The van der Waals surface area contributed by atoms with E-state index in [1.807, 2.05) is 32.0 Å². The molecule has 0 atom stereocenters. The minimum atomic E-state index is -0.172. The number of aromatic amines is 1. The number of hydrogen-bond acceptors (Lipinski definition) is 3. The number of ether oxygens (including phenoxy) is 1. The average molecular weight is 233 g/mol. The summed E-state index contributed by atoms with van der Waals surface area (Å²) in [5.41, 5.74) is 2.35.